The number of nitrogens with zero attached hydrogens (tertiary/aromatic N) is 5. The Balaban J connectivity index is 0.00000523. The number of pyridine rings is 1. The van der Waals surface area contributed by atoms with Crippen molar-refractivity contribution in [3.05, 3.63) is 112 Å². The number of aromatic nitrogens is 2. The smallest absolute Gasteiger partial charge is 0.270 e. The molecule has 0 aliphatic carbocycles. The second kappa shape index (κ2) is 15.8. The second-order valence-corrected chi connectivity index (χ2v) is 13.1. The highest BCUT2D eigenvalue weighted by Crippen LogP contribution is 2.33. The molecule has 0 saturated carbocycles. The maximum Gasteiger partial charge on any atom is 0.270 e. The third-order valence-electron chi connectivity index (χ3n) is 9.27. The molecule has 2 amide bonds. The maximum atomic E-state index is 14.5. The van der Waals surface area contributed by atoms with E-state index >= 15 is 0 Å². The molecule has 5 aromatic rings. The molecule has 3 heterocycles. The van der Waals surface area contributed by atoms with Gasteiger partial charge < -0.3 is 23.8 Å². The molecular weight excluding hydrogens is 739 g/mol. The number of anilines is 1. The van der Waals surface area contributed by atoms with Crippen LogP contribution >= 0.6 is 17.0 Å². The topological polar surface area (TPSA) is 80.1 Å². The number of aryl methyl sites for hydroxylation is 2. The van der Waals surface area contributed by atoms with Crippen molar-refractivity contribution in [2.24, 2.45) is 7.05 Å². The zero-order chi connectivity index (χ0) is 36.6. The average molecular weight is 781 g/mol. The Morgan fingerprint density at radius 1 is 0.904 bits per heavy atom. The molecule has 3 aromatic carbocycles. The predicted octanol–water partition coefficient (Wildman–Crippen LogP) is 8.00. The van der Waals surface area contributed by atoms with Crippen LogP contribution in [0.4, 0.5) is 18.9 Å². The SMILES string of the molecule is Br.Cc1c(F)cc(C(=O)N(C)c2ccc(Oc3ccc4c(cc(C(=O)N5CCN(Cc6ccc(OC(C)C)cc6)CC5)n4C)c3C)nc2)c(F)c1F. The summed E-state index contributed by atoms with van der Waals surface area (Å²) in [5, 5.41) is 0.864. The van der Waals surface area contributed by atoms with Gasteiger partial charge in [0, 0.05) is 74.9 Å². The lowest BCUT2D eigenvalue weighted by Gasteiger charge is -2.34. The first-order valence-electron chi connectivity index (χ1n) is 16.7. The molecular formula is C39H41BrF3N5O4. The Bertz CT molecular complexity index is 2100. The normalized spacial score (nSPS) is 13.3. The van der Waals surface area contributed by atoms with E-state index in [1.165, 1.54) is 30.9 Å². The van der Waals surface area contributed by atoms with E-state index in [-0.39, 0.29) is 40.6 Å². The summed E-state index contributed by atoms with van der Waals surface area (Å²) >= 11 is 0. The third kappa shape index (κ3) is 7.80. The summed E-state index contributed by atoms with van der Waals surface area (Å²) in [5.41, 5.74) is 2.52. The Morgan fingerprint density at radius 3 is 2.23 bits per heavy atom. The van der Waals surface area contributed by atoms with Gasteiger partial charge in [0.15, 0.2) is 11.6 Å². The zero-order valence-corrected chi connectivity index (χ0v) is 31.6. The van der Waals surface area contributed by atoms with Crippen molar-refractivity contribution in [3.8, 4) is 17.4 Å². The summed E-state index contributed by atoms with van der Waals surface area (Å²) in [6.07, 6.45) is 1.47. The van der Waals surface area contributed by atoms with Gasteiger partial charge in [-0.3, -0.25) is 14.5 Å². The summed E-state index contributed by atoms with van der Waals surface area (Å²) in [5.74, 6) is -3.18. The minimum Gasteiger partial charge on any atom is -0.491 e. The van der Waals surface area contributed by atoms with E-state index in [2.05, 4.69) is 22.0 Å². The number of hydrogen-bond acceptors (Lipinski definition) is 6. The Labute approximate surface area is 311 Å². The highest BCUT2D eigenvalue weighted by molar-refractivity contribution is 8.93. The number of halogens is 4. The molecule has 52 heavy (non-hydrogen) atoms. The second-order valence-electron chi connectivity index (χ2n) is 13.1. The highest BCUT2D eigenvalue weighted by Gasteiger charge is 2.26. The van der Waals surface area contributed by atoms with E-state index in [4.69, 9.17) is 9.47 Å². The highest BCUT2D eigenvalue weighted by atomic mass is 79.9. The number of amides is 2. The van der Waals surface area contributed by atoms with Crippen LogP contribution in [0.25, 0.3) is 10.9 Å². The van der Waals surface area contributed by atoms with Crippen molar-refractivity contribution in [1.29, 1.82) is 0 Å². The number of benzene rings is 3. The molecule has 13 heteroatoms. The van der Waals surface area contributed by atoms with Gasteiger partial charge in [-0.25, -0.2) is 18.2 Å². The van der Waals surface area contributed by atoms with Crippen molar-refractivity contribution in [3.63, 3.8) is 0 Å². The summed E-state index contributed by atoms with van der Waals surface area (Å²) < 4.78 is 56.3. The van der Waals surface area contributed by atoms with E-state index in [9.17, 15) is 22.8 Å². The van der Waals surface area contributed by atoms with Gasteiger partial charge in [-0.1, -0.05) is 12.1 Å². The minimum atomic E-state index is -1.41. The number of rotatable bonds is 9. The zero-order valence-electron chi connectivity index (χ0n) is 29.9. The van der Waals surface area contributed by atoms with E-state index in [0.717, 1.165) is 53.7 Å². The number of fused-ring (bicyclic) bond motifs is 1. The number of carbonyl (C=O) groups is 2. The van der Waals surface area contributed by atoms with E-state index in [0.29, 0.717) is 30.6 Å². The standard InChI is InChI=1S/C39H40F3N5O4.BrH/c1-23(2)50-28-10-7-26(8-11-28)22-46-15-17-47(18-16-46)39(49)33-20-29-24(3)34(13-12-32(29)45(33)6)51-35-14-9-27(21-43-35)44(5)38(48)30-19-31(40)25(4)36(41)37(30)42;/h7-14,19-21,23H,15-18,22H2,1-6H3;1H. The van der Waals surface area contributed by atoms with Gasteiger partial charge in [0.25, 0.3) is 11.8 Å². The van der Waals surface area contributed by atoms with Crippen LogP contribution in [-0.2, 0) is 13.6 Å². The van der Waals surface area contributed by atoms with E-state index in [1.807, 2.05) is 61.6 Å². The van der Waals surface area contributed by atoms with Gasteiger partial charge >= 0.3 is 0 Å². The van der Waals surface area contributed by atoms with Crippen LogP contribution in [0.15, 0.2) is 66.9 Å². The number of carbonyl (C=O) groups excluding carboxylic acids is 2. The van der Waals surface area contributed by atoms with Crippen LogP contribution < -0.4 is 14.4 Å². The summed E-state index contributed by atoms with van der Waals surface area (Å²) in [7, 11) is 3.23. The fourth-order valence-corrected chi connectivity index (χ4v) is 6.21. The Hall–Kier alpha value is -4.88. The number of piperazine rings is 1. The first-order chi connectivity index (χ1) is 24.3. The van der Waals surface area contributed by atoms with Gasteiger partial charge in [0.05, 0.1) is 23.6 Å². The van der Waals surface area contributed by atoms with Gasteiger partial charge in [0.2, 0.25) is 5.88 Å². The predicted molar refractivity (Wildman–Crippen MR) is 199 cm³/mol. The monoisotopic (exact) mass is 779 g/mol. The molecule has 0 N–H and O–H groups in total. The fourth-order valence-electron chi connectivity index (χ4n) is 6.21. The van der Waals surface area contributed by atoms with Crippen LogP contribution in [0, 0.1) is 31.3 Å². The van der Waals surface area contributed by atoms with Crippen LogP contribution in [0.1, 0.15) is 51.4 Å². The minimum absolute atomic E-state index is 0. The summed E-state index contributed by atoms with van der Waals surface area (Å²) in [6.45, 7) is 10.6. The van der Waals surface area contributed by atoms with Crippen molar-refractivity contribution in [2.75, 3.05) is 38.1 Å². The van der Waals surface area contributed by atoms with Crippen LogP contribution in [0.2, 0.25) is 0 Å². The first kappa shape index (κ1) is 38.4. The van der Waals surface area contributed by atoms with Gasteiger partial charge in [-0.2, -0.15) is 0 Å². The number of hydrogen-bond donors (Lipinski definition) is 0. The Kier molecular flexibility index (Phi) is 11.6. The molecule has 9 nitrogen and oxygen atoms in total. The Morgan fingerprint density at radius 2 is 1.60 bits per heavy atom. The molecule has 0 unspecified atom stereocenters. The molecule has 1 aliphatic heterocycles. The quantitative estimate of drug-likeness (QED) is 0.141. The molecule has 274 valence electrons. The summed E-state index contributed by atoms with van der Waals surface area (Å²) in [4.78, 5) is 36.2. The van der Waals surface area contributed by atoms with E-state index in [1.54, 1.807) is 6.07 Å². The van der Waals surface area contributed by atoms with Crippen LogP contribution in [-0.4, -0.2) is 70.5 Å². The van der Waals surface area contributed by atoms with Gasteiger partial charge in [0.1, 0.15) is 23.0 Å². The van der Waals surface area contributed by atoms with E-state index < -0.39 is 34.5 Å². The first-order valence-corrected chi connectivity index (χ1v) is 16.7. The summed E-state index contributed by atoms with van der Waals surface area (Å²) in [6, 6.07) is 17.5. The molecule has 2 aromatic heterocycles. The van der Waals surface area contributed by atoms with Crippen molar-refractivity contribution >= 4 is 45.4 Å². The third-order valence-corrected chi connectivity index (χ3v) is 9.27. The average Bonchev–Trinajstić information content (AvgIpc) is 3.47. The molecule has 0 atom stereocenters. The largest absolute Gasteiger partial charge is 0.491 e. The molecule has 0 bridgehead atoms. The molecule has 0 radical (unpaired) electrons. The maximum absolute atomic E-state index is 14.5. The lowest BCUT2D eigenvalue weighted by molar-refractivity contribution is 0.0619. The lowest BCUT2D eigenvalue weighted by Crippen LogP contribution is -2.48. The van der Waals surface area contributed by atoms with Crippen molar-refractivity contribution in [2.45, 2.75) is 40.3 Å². The fraction of sp³-hybridized carbons (Fsp3) is 0.308. The molecule has 1 fully saturated rings. The lowest BCUT2D eigenvalue weighted by atomic mass is 10.1. The van der Waals surface area contributed by atoms with Gasteiger partial charge in [-0.15, -0.1) is 17.0 Å². The van der Waals surface area contributed by atoms with Crippen LogP contribution in [0.3, 0.4) is 0 Å². The molecule has 1 aliphatic rings. The van der Waals surface area contributed by atoms with Crippen LogP contribution in [0.5, 0.6) is 17.4 Å². The number of ether oxygens (including phenoxy) is 2. The molecule has 1 saturated heterocycles. The molecule has 0 spiro atoms. The van der Waals surface area contributed by atoms with Crippen molar-refractivity contribution < 1.29 is 32.2 Å². The molecule has 6 rings (SSSR count). The van der Waals surface area contributed by atoms with Gasteiger partial charge in [-0.05, 0) is 75.7 Å². The van der Waals surface area contributed by atoms with Crippen molar-refractivity contribution in [1.82, 2.24) is 19.4 Å².